The van der Waals surface area contributed by atoms with Gasteiger partial charge in [0, 0.05) is 13.1 Å². The maximum atomic E-state index is 12.3. The second kappa shape index (κ2) is 6.64. The van der Waals surface area contributed by atoms with Crippen LogP contribution in [0.25, 0.3) is 0 Å². The molecule has 0 aromatic carbocycles. The van der Waals surface area contributed by atoms with Crippen molar-refractivity contribution >= 4 is 17.9 Å². The number of carboxylic acid groups (broad SMARTS) is 1. The Morgan fingerprint density at radius 2 is 2.32 bits per heavy atom. The van der Waals surface area contributed by atoms with Crippen molar-refractivity contribution in [1.82, 2.24) is 15.1 Å². The van der Waals surface area contributed by atoms with Crippen LogP contribution < -0.4 is 5.32 Å². The Bertz CT molecular complexity index is 416. The van der Waals surface area contributed by atoms with Crippen LogP contribution in [0.3, 0.4) is 0 Å². The van der Waals surface area contributed by atoms with Crippen LogP contribution in [0.15, 0.2) is 0 Å². The number of nitrogens with zero attached hydrogens (tertiary/aromatic N) is 2. The molecule has 1 atom stereocenters. The highest BCUT2D eigenvalue weighted by Gasteiger charge is 2.36. The molecule has 0 spiro atoms. The molecule has 3 amide bonds. The average molecular weight is 267 g/mol. The van der Waals surface area contributed by atoms with E-state index in [9.17, 15) is 14.4 Å². The topological polar surface area (TPSA) is 90.0 Å². The molecule has 0 aromatic rings. The number of hydrogen-bond donors (Lipinski definition) is 2. The molecule has 104 valence electrons. The van der Waals surface area contributed by atoms with Crippen molar-refractivity contribution < 1.29 is 19.5 Å². The fraction of sp³-hybridized carbons (Fsp3) is 0.583. The fourth-order valence-corrected chi connectivity index (χ4v) is 1.87. The standard InChI is InChI=1S/C12H17N3O4/c1-3-5-14(6-4-2)12(19)15-8-10(16)13-7-9(15)11(17)18/h1,9H,4-8H2,2H3,(H,13,16)(H,17,18). The Morgan fingerprint density at radius 1 is 1.63 bits per heavy atom. The van der Waals surface area contributed by atoms with E-state index in [4.69, 9.17) is 11.5 Å². The lowest BCUT2D eigenvalue weighted by molar-refractivity contribution is -0.144. The smallest absolute Gasteiger partial charge is 0.328 e. The fourth-order valence-electron chi connectivity index (χ4n) is 1.87. The summed E-state index contributed by atoms with van der Waals surface area (Å²) in [6.45, 7) is 2.05. The predicted octanol–water partition coefficient (Wildman–Crippen LogP) is -0.663. The summed E-state index contributed by atoms with van der Waals surface area (Å²) in [5, 5.41) is 11.5. The van der Waals surface area contributed by atoms with Crippen LogP contribution in [-0.4, -0.2) is 65.0 Å². The maximum Gasteiger partial charge on any atom is 0.328 e. The molecule has 0 saturated carbocycles. The molecule has 2 N–H and O–H groups in total. The number of carbonyl (C=O) groups excluding carboxylic acids is 2. The van der Waals surface area contributed by atoms with Crippen molar-refractivity contribution in [1.29, 1.82) is 0 Å². The number of carboxylic acids is 1. The van der Waals surface area contributed by atoms with Crippen LogP contribution in [0, 0.1) is 12.3 Å². The quantitative estimate of drug-likeness (QED) is 0.661. The molecule has 7 nitrogen and oxygen atoms in total. The molecular formula is C12H17N3O4. The Kier molecular flexibility index (Phi) is 5.18. The van der Waals surface area contributed by atoms with Gasteiger partial charge in [-0.3, -0.25) is 9.69 Å². The predicted molar refractivity (Wildman–Crippen MR) is 67.2 cm³/mol. The van der Waals surface area contributed by atoms with E-state index in [1.165, 1.54) is 4.90 Å². The summed E-state index contributed by atoms with van der Waals surface area (Å²) in [4.78, 5) is 37.1. The summed E-state index contributed by atoms with van der Waals surface area (Å²) < 4.78 is 0. The first-order valence-electron chi connectivity index (χ1n) is 5.99. The van der Waals surface area contributed by atoms with E-state index in [2.05, 4.69) is 11.2 Å². The molecule has 0 aliphatic carbocycles. The van der Waals surface area contributed by atoms with E-state index in [1.807, 2.05) is 6.92 Å². The number of aliphatic carboxylic acids is 1. The van der Waals surface area contributed by atoms with Crippen molar-refractivity contribution in [2.45, 2.75) is 19.4 Å². The summed E-state index contributed by atoms with van der Waals surface area (Å²) in [6.07, 6.45) is 5.89. The third kappa shape index (κ3) is 3.61. The summed E-state index contributed by atoms with van der Waals surface area (Å²) in [7, 11) is 0. The van der Waals surface area contributed by atoms with Crippen molar-refractivity contribution in [3.8, 4) is 12.3 Å². The van der Waals surface area contributed by atoms with Gasteiger partial charge in [0.15, 0.2) is 0 Å². The molecule has 0 aromatic heterocycles. The van der Waals surface area contributed by atoms with Crippen molar-refractivity contribution in [3.05, 3.63) is 0 Å². The number of piperazine rings is 1. The van der Waals surface area contributed by atoms with Gasteiger partial charge in [0.1, 0.15) is 12.6 Å². The lowest BCUT2D eigenvalue weighted by Crippen LogP contribution is -2.61. The van der Waals surface area contributed by atoms with Crippen LogP contribution >= 0.6 is 0 Å². The number of rotatable bonds is 4. The molecule has 7 heteroatoms. The molecule has 1 fully saturated rings. The third-order valence-corrected chi connectivity index (χ3v) is 2.76. The van der Waals surface area contributed by atoms with E-state index >= 15 is 0 Å². The highest BCUT2D eigenvalue weighted by atomic mass is 16.4. The number of nitrogens with one attached hydrogen (secondary N) is 1. The van der Waals surface area contributed by atoms with Gasteiger partial charge >= 0.3 is 12.0 Å². The monoisotopic (exact) mass is 267 g/mol. The van der Waals surface area contributed by atoms with Gasteiger partial charge in [-0.05, 0) is 6.42 Å². The average Bonchev–Trinajstić information content (AvgIpc) is 2.37. The Morgan fingerprint density at radius 3 is 2.84 bits per heavy atom. The van der Waals surface area contributed by atoms with Gasteiger partial charge in [0.05, 0.1) is 6.54 Å². The lowest BCUT2D eigenvalue weighted by Gasteiger charge is -2.36. The second-order valence-electron chi connectivity index (χ2n) is 4.19. The first kappa shape index (κ1) is 14.8. The van der Waals surface area contributed by atoms with Gasteiger partial charge in [-0.25, -0.2) is 9.59 Å². The molecule has 1 heterocycles. The van der Waals surface area contributed by atoms with E-state index < -0.39 is 18.0 Å². The van der Waals surface area contributed by atoms with E-state index in [0.29, 0.717) is 13.0 Å². The van der Waals surface area contributed by atoms with E-state index in [-0.39, 0.29) is 25.5 Å². The molecule has 1 saturated heterocycles. The first-order valence-corrected chi connectivity index (χ1v) is 5.99. The highest BCUT2D eigenvalue weighted by Crippen LogP contribution is 2.09. The van der Waals surface area contributed by atoms with E-state index in [1.54, 1.807) is 0 Å². The zero-order chi connectivity index (χ0) is 14.4. The number of hydrogen-bond acceptors (Lipinski definition) is 3. The highest BCUT2D eigenvalue weighted by molar-refractivity contribution is 5.90. The summed E-state index contributed by atoms with van der Waals surface area (Å²) in [5.41, 5.74) is 0. The van der Waals surface area contributed by atoms with Gasteiger partial charge in [-0.15, -0.1) is 6.42 Å². The second-order valence-corrected chi connectivity index (χ2v) is 4.19. The van der Waals surface area contributed by atoms with E-state index in [0.717, 1.165) is 4.90 Å². The zero-order valence-electron chi connectivity index (χ0n) is 10.8. The Hall–Kier alpha value is -2.23. The van der Waals surface area contributed by atoms with Gasteiger partial charge in [0.2, 0.25) is 5.91 Å². The van der Waals surface area contributed by atoms with Crippen molar-refractivity contribution in [2.24, 2.45) is 0 Å². The van der Waals surface area contributed by atoms with Crippen LogP contribution in [0.2, 0.25) is 0 Å². The molecule has 0 radical (unpaired) electrons. The minimum Gasteiger partial charge on any atom is -0.480 e. The molecule has 19 heavy (non-hydrogen) atoms. The van der Waals surface area contributed by atoms with Crippen LogP contribution in [0.1, 0.15) is 13.3 Å². The van der Waals surface area contributed by atoms with Crippen molar-refractivity contribution in [2.75, 3.05) is 26.2 Å². The van der Waals surface area contributed by atoms with Gasteiger partial charge in [-0.1, -0.05) is 12.8 Å². The largest absolute Gasteiger partial charge is 0.480 e. The minimum atomic E-state index is -1.15. The first-order chi connectivity index (χ1) is 9.01. The summed E-state index contributed by atoms with van der Waals surface area (Å²) in [5.74, 6) is 0.838. The molecular weight excluding hydrogens is 250 g/mol. The Balaban J connectivity index is 2.88. The minimum absolute atomic E-state index is 0.0874. The van der Waals surface area contributed by atoms with Gasteiger partial charge in [0.25, 0.3) is 0 Å². The normalized spacial score (nSPS) is 18.4. The summed E-state index contributed by atoms with van der Waals surface area (Å²) in [6, 6.07) is -1.57. The van der Waals surface area contributed by atoms with Crippen molar-refractivity contribution in [3.63, 3.8) is 0 Å². The molecule has 1 rings (SSSR count). The van der Waals surface area contributed by atoms with Crippen LogP contribution in [0.5, 0.6) is 0 Å². The SMILES string of the molecule is C#CCN(CCC)C(=O)N1CC(=O)NCC1C(=O)O. The molecule has 1 unspecified atom stereocenters. The van der Waals surface area contributed by atoms with Gasteiger partial charge in [-0.2, -0.15) is 0 Å². The number of terminal acetylenes is 1. The van der Waals surface area contributed by atoms with Crippen LogP contribution in [0.4, 0.5) is 4.79 Å². The Labute approximate surface area is 111 Å². The summed E-state index contributed by atoms with van der Waals surface area (Å²) >= 11 is 0. The number of urea groups is 1. The zero-order valence-corrected chi connectivity index (χ0v) is 10.8. The van der Waals surface area contributed by atoms with Gasteiger partial charge < -0.3 is 15.3 Å². The third-order valence-electron chi connectivity index (χ3n) is 2.76. The maximum absolute atomic E-state index is 12.3. The van der Waals surface area contributed by atoms with Crippen LogP contribution in [-0.2, 0) is 9.59 Å². The molecule has 1 aliphatic rings. The molecule has 0 bridgehead atoms. The number of amides is 3. The number of carbonyl (C=O) groups is 3. The lowest BCUT2D eigenvalue weighted by atomic mass is 10.2. The molecule has 1 aliphatic heterocycles.